The van der Waals surface area contributed by atoms with Crippen molar-refractivity contribution in [2.75, 3.05) is 20.3 Å². The fourth-order valence-corrected chi connectivity index (χ4v) is 2.75. The molecule has 4 atom stereocenters. The van der Waals surface area contributed by atoms with E-state index >= 15 is 0 Å². The number of methoxy groups -OCH3 is 1. The number of urea groups is 1. The summed E-state index contributed by atoms with van der Waals surface area (Å²) < 4.78 is 40.7. The number of carbonyl (C=O) groups excluding carboxylic acids is 1. The summed E-state index contributed by atoms with van der Waals surface area (Å²) in [6, 6.07) is -1.29. The van der Waals surface area contributed by atoms with Crippen LogP contribution in [0.25, 0.3) is 0 Å². The molecule has 0 aromatic carbocycles. The number of carbonyl (C=O) groups is 1. The van der Waals surface area contributed by atoms with Gasteiger partial charge < -0.3 is 20.3 Å². The molecule has 0 spiro atoms. The van der Waals surface area contributed by atoms with Crippen LogP contribution in [0.3, 0.4) is 0 Å². The first-order valence-electron chi connectivity index (χ1n) is 6.73. The maximum absolute atomic E-state index is 11.8. The van der Waals surface area contributed by atoms with Crippen molar-refractivity contribution >= 4 is 6.03 Å². The molecule has 1 radical (unpaired) electrons. The predicted octanol–water partition coefficient (Wildman–Crippen LogP) is 0.587. The van der Waals surface area contributed by atoms with Gasteiger partial charge in [-0.05, 0) is 25.2 Å². The van der Waals surface area contributed by atoms with E-state index in [-0.39, 0.29) is 57.7 Å². The number of ether oxygens (including phenoxy) is 1. The second-order valence-corrected chi connectivity index (χ2v) is 5.15. The third kappa shape index (κ3) is 7.08. The molecule has 22 heavy (non-hydrogen) atoms. The van der Waals surface area contributed by atoms with Gasteiger partial charge in [0, 0.05) is 58.9 Å². The molecule has 1 aliphatic carbocycles. The Balaban J connectivity index is 0.00000441. The topological polar surface area (TPSA) is 90.8 Å². The van der Waals surface area contributed by atoms with Crippen molar-refractivity contribution in [1.82, 2.24) is 10.6 Å². The van der Waals surface area contributed by atoms with Crippen LogP contribution < -0.4 is 10.6 Å². The van der Waals surface area contributed by atoms with Gasteiger partial charge in [-0.25, -0.2) is 10.1 Å². The molecule has 6 nitrogen and oxygen atoms in total. The SMILES string of the molecule is COC1C(CCCNC(=O)NC(F)(F)F)CC(CO)C1O.[Y]. The number of halogens is 3. The van der Waals surface area contributed by atoms with E-state index in [1.165, 1.54) is 7.11 Å². The van der Waals surface area contributed by atoms with Crippen molar-refractivity contribution in [1.29, 1.82) is 0 Å². The molecule has 127 valence electrons. The summed E-state index contributed by atoms with van der Waals surface area (Å²) >= 11 is 0. The van der Waals surface area contributed by atoms with Gasteiger partial charge in [-0.1, -0.05) is 0 Å². The fraction of sp³-hybridized carbons (Fsp3) is 0.917. The first kappa shape index (κ1) is 22.0. The van der Waals surface area contributed by atoms with Crippen LogP contribution in [0.15, 0.2) is 0 Å². The molecule has 0 aromatic rings. The minimum Gasteiger partial charge on any atom is -0.396 e. The van der Waals surface area contributed by atoms with Crippen LogP contribution in [0, 0.1) is 11.8 Å². The molecular formula is C12H21F3N2O4Y. The molecule has 0 saturated heterocycles. The van der Waals surface area contributed by atoms with Crippen molar-refractivity contribution in [2.24, 2.45) is 11.8 Å². The van der Waals surface area contributed by atoms with E-state index in [0.29, 0.717) is 19.3 Å². The number of hydrogen-bond acceptors (Lipinski definition) is 4. The van der Waals surface area contributed by atoms with E-state index in [2.05, 4.69) is 5.32 Å². The largest absolute Gasteiger partial charge is 0.485 e. The smallest absolute Gasteiger partial charge is 0.396 e. The quantitative estimate of drug-likeness (QED) is 0.386. The van der Waals surface area contributed by atoms with E-state index in [9.17, 15) is 23.1 Å². The molecule has 1 fully saturated rings. The van der Waals surface area contributed by atoms with Crippen LogP contribution in [0.2, 0.25) is 0 Å². The van der Waals surface area contributed by atoms with Crippen LogP contribution in [-0.4, -0.2) is 55.0 Å². The number of amides is 2. The molecule has 10 heteroatoms. The van der Waals surface area contributed by atoms with Gasteiger partial charge in [0.15, 0.2) is 0 Å². The molecule has 0 bridgehead atoms. The van der Waals surface area contributed by atoms with Gasteiger partial charge in [-0.3, -0.25) is 0 Å². The minimum absolute atomic E-state index is 0. The van der Waals surface area contributed by atoms with Crippen LogP contribution in [0.1, 0.15) is 19.3 Å². The molecule has 0 heterocycles. The molecule has 1 aliphatic rings. The Hall–Kier alpha value is 0.0439. The summed E-state index contributed by atoms with van der Waals surface area (Å²) in [4.78, 5) is 10.9. The molecular weight excluding hydrogens is 382 g/mol. The standard InChI is InChI=1S/C12H21F3N2O4.Y/c1-21-10-7(5-8(6-18)9(10)19)3-2-4-16-11(20)17-12(13,14)15;/h7-10,18-19H,2-6H2,1H3,(H2,16,17,20);. The summed E-state index contributed by atoms with van der Waals surface area (Å²) in [7, 11) is 1.47. The molecule has 4 N–H and O–H groups in total. The zero-order chi connectivity index (χ0) is 16.0. The Morgan fingerprint density at radius 2 is 2.00 bits per heavy atom. The van der Waals surface area contributed by atoms with Crippen LogP contribution in [0.4, 0.5) is 18.0 Å². The maximum atomic E-state index is 11.8. The van der Waals surface area contributed by atoms with Gasteiger partial charge in [0.1, 0.15) is 0 Å². The maximum Gasteiger partial charge on any atom is 0.485 e. The van der Waals surface area contributed by atoms with Crippen molar-refractivity contribution in [3.05, 3.63) is 0 Å². The number of aliphatic hydroxyl groups excluding tert-OH is 2. The van der Waals surface area contributed by atoms with Crippen molar-refractivity contribution in [2.45, 2.75) is 37.8 Å². The number of aliphatic hydroxyl groups is 2. The van der Waals surface area contributed by atoms with E-state index in [0.717, 1.165) is 5.32 Å². The summed E-state index contributed by atoms with van der Waals surface area (Å²) in [5.74, 6) is -0.240. The molecule has 4 unspecified atom stereocenters. The molecule has 2 amide bonds. The van der Waals surface area contributed by atoms with Gasteiger partial charge in [-0.2, -0.15) is 13.2 Å². The van der Waals surface area contributed by atoms with E-state index < -0.39 is 24.5 Å². The number of alkyl halides is 3. The van der Waals surface area contributed by atoms with Crippen LogP contribution >= 0.6 is 0 Å². The molecule has 0 aliphatic heterocycles. The third-order valence-corrected chi connectivity index (χ3v) is 3.69. The van der Waals surface area contributed by atoms with E-state index in [1.807, 2.05) is 0 Å². The number of nitrogens with one attached hydrogen (secondary N) is 2. The second kappa shape index (κ2) is 10.0. The van der Waals surface area contributed by atoms with E-state index in [1.54, 1.807) is 0 Å². The Morgan fingerprint density at radius 3 is 2.50 bits per heavy atom. The van der Waals surface area contributed by atoms with E-state index in [4.69, 9.17) is 9.84 Å². The zero-order valence-corrected chi connectivity index (χ0v) is 15.1. The first-order chi connectivity index (χ1) is 9.78. The van der Waals surface area contributed by atoms with Crippen molar-refractivity contribution in [3.8, 4) is 0 Å². The van der Waals surface area contributed by atoms with Crippen molar-refractivity contribution in [3.63, 3.8) is 0 Å². The summed E-state index contributed by atoms with van der Waals surface area (Å²) in [5, 5.41) is 22.0. The average molecular weight is 403 g/mol. The Labute approximate surface area is 152 Å². The predicted molar refractivity (Wildman–Crippen MR) is 67.3 cm³/mol. The normalized spacial score (nSPS) is 28.1. The van der Waals surface area contributed by atoms with Gasteiger partial charge >= 0.3 is 12.3 Å². The monoisotopic (exact) mass is 403 g/mol. The summed E-state index contributed by atoms with van der Waals surface area (Å²) in [6.45, 7) is -0.0432. The molecule has 1 saturated carbocycles. The Morgan fingerprint density at radius 1 is 1.36 bits per heavy atom. The van der Waals surface area contributed by atoms with Gasteiger partial charge in [0.05, 0.1) is 12.2 Å². The van der Waals surface area contributed by atoms with Crippen LogP contribution in [-0.2, 0) is 37.4 Å². The summed E-state index contributed by atoms with van der Waals surface area (Å²) in [5.41, 5.74) is 0. The Kier molecular flexibility index (Phi) is 10.0. The first-order valence-corrected chi connectivity index (χ1v) is 6.73. The molecule has 0 aromatic heterocycles. The molecule has 1 rings (SSSR count). The van der Waals surface area contributed by atoms with Crippen molar-refractivity contribution < 1.29 is 65.6 Å². The van der Waals surface area contributed by atoms with Crippen LogP contribution in [0.5, 0.6) is 0 Å². The zero-order valence-electron chi connectivity index (χ0n) is 12.3. The number of hydrogen-bond donors (Lipinski definition) is 4. The van der Waals surface area contributed by atoms with Gasteiger partial charge in [-0.15, -0.1) is 0 Å². The minimum atomic E-state index is -4.74. The number of rotatable bonds is 6. The Bertz CT molecular complexity index is 347. The third-order valence-electron chi connectivity index (χ3n) is 3.69. The second-order valence-electron chi connectivity index (χ2n) is 5.15. The summed E-state index contributed by atoms with van der Waals surface area (Å²) in [6.07, 6.45) is -4.25. The van der Waals surface area contributed by atoms with Gasteiger partial charge in [0.2, 0.25) is 0 Å². The average Bonchev–Trinajstić information content (AvgIpc) is 2.68. The fourth-order valence-electron chi connectivity index (χ4n) is 2.75. The van der Waals surface area contributed by atoms with Gasteiger partial charge in [0.25, 0.3) is 0 Å².